The second-order valence-electron chi connectivity index (χ2n) is 9.55. The monoisotopic (exact) mass is 507 g/mol. The van der Waals surface area contributed by atoms with E-state index in [1.807, 2.05) is 44.2 Å². The molecule has 3 heterocycles. The Balaban J connectivity index is 1.27. The third-order valence-corrected chi connectivity index (χ3v) is 8.26. The van der Waals surface area contributed by atoms with Crippen LogP contribution in [0, 0.1) is 0 Å². The molecule has 36 heavy (non-hydrogen) atoms. The molecule has 0 aliphatic carbocycles. The number of imide groups is 1. The van der Waals surface area contributed by atoms with E-state index >= 15 is 0 Å². The maximum atomic E-state index is 13.2. The SMILES string of the molecule is C[C@H](NC(=O)[C@@H]1N2C(=O)[C@@H](N3C(=O)c4ccccc4C3=O)[C@H]2SC1(C)C)C(=O)OCc1ccccc1. The maximum absolute atomic E-state index is 13.2. The molecule has 4 atom stereocenters. The summed E-state index contributed by atoms with van der Waals surface area (Å²) < 4.78 is 4.59. The van der Waals surface area contributed by atoms with Gasteiger partial charge in [0.15, 0.2) is 0 Å². The molecule has 3 aliphatic heterocycles. The third kappa shape index (κ3) is 3.76. The largest absolute Gasteiger partial charge is 0.459 e. The van der Waals surface area contributed by atoms with Crippen LogP contribution in [-0.4, -0.2) is 67.6 Å². The summed E-state index contributed by atoms with van der Waals surface area (Å²) in [5.41, 5.74) is 1.37. The van der Waals surface area contributed by atoms with Gasteiger partial charge in [-0.25, -0.2) is 4.79 Å². The first-order valence-corrected chi connectivity index (χ1v) is 12.5. The zero-order valence-electron chi connectivity index (χ0n) is 20.0. The van der Waals surface area contributed by atoms with Crippen molar-refractivity contribution in [3.63, 3.8) is 0 Å². The van der Waals surface area contributed by atoms with Crippen LogP contribution in [0.2, 0.25) is 0 Å². The first-order valence-electron chi connectivity index (χ1n) is 11.6. The third-order valence-electron chi connectivity index (χ3n) is 6.70. The van der Waals surface area contributed by atoms with Gasteiger partial charge in [0.25, 0.3) is 17.7 Å². The summed E-state index contributed by atoms with van der Waals surface area (Å²) in [4.78, 5) is 67.2. The molecule has 0 aromatic heterocycles. The van der Waals surface area contributed by atoms with Gasteiger partial charge >= 0.3 is 5.97 Å². The fourth-order valence-electron chi connectivity index (χ4n) is 4.92. The molecule has 4 amide bonds. The average molecular weight is 508 g/mol. The van der Waals surface area contributed by atoms with E-state index in [0.717, 1.165) is 10.5 Å². The van der Waals surface area contributed by atoms with Crippen LogP contribution >= 0.6 is 11.8 Å². The van der Waals surface area contributed by atoms with Crippen molar-refractivity contribution in [1.29, 1.82) is 0 Å². The van der Waals surface area contributed by atoms with Crippen molar-refractivity contribution >= 4 is 41.4 Å². The number of esters is 1. The molecule has 0 radical (unpaired) electrons. The van der Waals surface area contributed by atoms with E-state index in [0.29, 0.717) is 0 Å². The highest BCUT2D eigenvalue weighted by Gasteiger charge is 2.67. The minimum atomic E-state index is -0.979. The number of amides is 4. The van der Waals surface area contributed by atoms with Gasteiger partial charge in [0.2, 0.25) is 5.91 Å². The molecule has 0 saturated carbocycles. The van der Waals surface area contributed by atoms with Gasteiger partial charge in [-0.1, -0.05) is 42.5 Å². The van der Waals surface area contributed by atoms with Crippen LogP contribution in [0.1, 0.15) is 47.1 Å². The Morgan fingerprint density at radius 3 is 2.19 bits per heavy atom. The van der Waals surface area contributed by atoms with E-state index in [1.165, 1.54) is 23.6 Å². The summed E-state index contributed by atoms with van der Waals surface area (Å²) in [5, 5.41) is 2.12. The summed E-state index contributed by atoms with van der Waals surface area (Å²) in [6, 6.07) is 12.9. The van der Waals surface area contributed by atoms with Gasteiger partial charge < -0.3 is 15.0 Å². The molecule has 2 aromatic rings. The number of β-lactam (4-membered cyclic amide) rings is 1. The summed E-state index contributed by atoms with van der Waals surface area (Å²) in [5.74, 6) is -2.56. The summed E-state index contributed by atoms with van der Waals surface area (Å²) in [7, 11) is 0. The van der Waals surface area contributed by atoms with E-state index in [4.69, 9.17) is 4.74 Å². The Kier molecular flexibility index (Phi) is 5.86. The molecule has 9 nitrogen and oxygen atoms in total. The Morgan fingerprint density at radius 1 is 1.00 bits per heavy atom. The summed E-state index contributed by atoms with van der Waals surface area (Å²) in [6.07, 6.45) is 0. The van der Waals surface area contributed by atoms with E-state index in [9.17, 15) is 24.0 Å². The number of nitrogens with one attached hydrogen (secondary N) is 1. The van der Waals surface area contributed by atoms with Crippen molar-refractivity contribution < 1.29 is 28.7 Å². The number of carbonyl (C=O) groups excluding carboxylic acids is 5. The predicted molar refractivity (Wildman–Crippen MR) is 131 cm³/mol. The summed E-state index contributed by atoms with van der Waals surface area (Å²) >= 11 is 1.36. The summed E-state index contributed by atoms with van der Waals surface area (Å²) in [6.45, 7) is 5.26. The van der Waals surface area contributed by atoms with Crippen molar-refractivity contribution in [3.8, 4) is 0 Å². The molecular weight excluding hydrogens is 482 g/mol. The second kappa shape index (κ2) is 8.77. The van der Waals surface area contributed by atoms with Gasteiger partial charge in [0.1, 0.15) is 30.1 Å². The topological polar surface area (TPSA) is 113 Å². The molecule has 2 saturated heterocycles. The molecule has 2 aromatic carbocycles. The predicted octanol–water partition coefficient (Wildman–Crippen LogP) is 1.96. The molecule has 5 rings (SSSR count). The van der Waals surface area contributed by atoms with Crippen LogP contribution in [0.3, 0.4) is 0 Å². The molecule has 0 spiro atoms. The molecular formula is C26H25N3O6S. The highest BCUT2D eigenvalue weighted by Crippen LogP contribution is 2.52. The van der Waals surface area contributed by atoms with Gasteiger partial charge in [-0.05, 0) is 38.5 Å². The molecule has 10 heteroatoms. The first kappa shape index (κ1) is 24.1. The molecule has 0 unspecified atom stereocenters. The smallest absolute Gasteiger partial charge is 0.328 e. The lowest BCUT2D eigenvalue weighted by Gasteiger charge is -2.46. The molecule has 0 bridgehead atoms. The van der Waals surface area contributed by atoms with Gasteiger partial charge in [0.05, 0.1) is 11.1 Å². The number of carbonyl (C=O) groups is 5. The number of rotatable bonds is 6. The number of benzene rings is 2. The number of fused-ring (bicyclic) bond motifs is 2. The van der Waals surface area contributed by atoms with E-state index in [-0.39, 0.29) is 17.7 Å². The quantitative estimate of drug-likeness (QED) is 0.361. The molecule has 3 aliphatic rings. The Bertz CT molecular complexity index is 1240. The van der Waals surface area contributed by atoms with Crippen LogP contribution in [0.25, 0.3) is 0 Å². The number of nitrogens with zero attached hydrogens (tertiary/aromatic N) is 2. The van der Waals surface area contributed by atoms with Crippen LogP contribution in [-0.2, 0) is 25.7 Å². The number of ether oxygens (including phenoxy) is 1. The van der Waals surface area contributed by atoms with Gasteiger partial charge in [-0.15, -0.1) is 11.8 Å². The van der Waals surface area contributed by atoms with Crippen LogP contribution in [0.15, 0.2) is 54.6 Å². The number of hydrogen-bond acceptors (Lipinski definition) is 7. The van der Waals surface area contributed by atoms with Crippen molar-refractivity contribution in [2.75, 3.05) is 0 Å². The Hall–Kier alpha value is -3.66. The van der Waals surface area contributed by atoms with E-state index in [2.05, 4.69) is 5.32 Å². The van der Waals surface area contributed by atoms with E-state index < -0.39 is 57.8 Å². The van der Waals surface area contributed by atoms with Gasteiger partial charge in [-0.2, -0.15) is 0 Å². The molecule has 186 valence electrons. The fraction of sp³-hybridized carbons (Fsp3) is 0.346. The minimum absolute atomic E-state index is 0.0826. The lowest BCUT2D eigenvalue weighted by atomic mass is 9.94. The number of hydrogen-bond donors (Lipinski definition) is 1. The highest BCUT2D eigenvalue weighted by molar-refractivity contribution is 8.01. The fourth-order valence-corrected chi connectivity index (χ4v) is 6.60. The minimum Gasteiger partial charge on any atom is -0.459 e. The van der Waals surface area contributed by atoms with Gasteiger partial charge in [0, 0.05) is 4.75 Å². The lowest BCUT2D eigenvalue weighted by Crippen LogP contribution is -2.72. The molecule has 2 fully saturated rings. The van der Waals surface area contributed by atoms with Gasteiger partial charge in [-0.3, -0.25) is 24.1 Å². The number of thioether (sulfide) groups is 1. The first-order chi connectivity index (χ1) is 17.1. The lowest BCUT2D eigenvalue weighted by molar-refractivity contribution is -0.158. The standard InChI is InChI=1S/C26H25N3O6S/c1-14(25(34)35-13-15-9-5-4-6-10-15)27-20(30)19-26(2,3)36-24-18(23(33)29(19)24)28-21(31)16-11-7-8-12-17(16)22(28)32/h4-12,14,18-19,24H,13H2,1-3H3,(H,27,30)/t14-,18+,19-,24+/m0/s1. The van der Waals surface area contributed by atoms with E-state index in [1.54, 1.807) is 24.3 Å². The second-order valence-corrected chi connectivity index (χ2v) is 11.3. The van der Waals surface area contributed by atoms with Crippen molar-refractivity contribution in [2.24, 2.45) is 0 Å². The Morgan fingerprint density at radius 2 is 1.58 bits per heavy atom. The van der Waals surface area contributed by atoms with Crippen molar-refractivity contribution in [3.05, 3.63) is 71.3 Å². The zero-order valence-corrected chi connectivity index (χ0v) is 20.8. The van der Waals surface area contributed by atoms with Crippen LogP contribution in [0.4, 0.5) is 0 Å². The molecule has 1 N–H and O–H groups in total. The maximum Gasteiger partial charge on any atom is 0.328 e. The average Bonchev–Trinajstić information content (AvgIpc) is 3.26. The zero-order chi connectivity index (χ0) is 25.8. The highest BCUT2D eigenvalue weighted by atomic mass is 32.2. The normalized spacial score (nSPS) is 24.6. The Labute approximate surface area is 212 Å². The van der Waals surface area contributed by atoms with Crippen LogP contribution in [0.5, 0.6) is 0 Å². The van der Waals surface area contributed by atoms with Crippen molar-refractivity contribution in [2.45, 2.75) is 55.6 Å². The van der Waals surface area contributed by atoms with Crippen LogP contribution < -0.4 is 5.32 Å². The van der Waals surface area contributed by atoms with Crippen molar-refractivity contribution in [1.82, 2.24) is 15.1 Å².